The largest absolute Gasteiger partial charge is 0.475 e. The number of nitrogens with zero attached hydrogens (tertiary/aromatic N) is 5. The number of nitrogens with one attached hydrogen (secondary N) is 1. The number of hydrogen-bond donors (Lipinski definition) is 3. The number of alkyl halides is 3. The van der Waals surface area contributed by atoms with Gasteiger partial charge in [0.1, 0.15) is 24.9 Å². The number of aliphatic hydroxyl groups is 2. The Morgan fingerprint density at radius 1 is 1.26 bits per heavy atom. The minimum Gasteiger partial charge on any atom is -0.475 e. The van der Waals surface area contributed by atoms with Gasteiger partial charge in [-0.2, -0.15) is 13.2 Å². The van der Waals surface area contributed by atoms with Crippen LogP contribution in [0.2, 0.25) is 5.02 Å². The van der Waals surface area contributed by atoms with Crippen molar-refractivity contribution in [2.75, 3.05) is 41.4 Å². The maximum Gasteiger partial charge on any atom is 0.416 e. The van der Waals surface area contributed by atoms with Gasteiger partial charge in [-0.3, -0.25) is 10.2 Å². The fourth-order valence-corrected chi connectivity index (χ4v) is 4.89. The maximum atomic E-state index is 13.6. The number of pyridine rings is 1. The molecule has 5 rings (SSSR count). The molecule has 0 unspecified atom stereocenters. The molecule has 2 bridgehead atoms. The Labute approximate surface area is 226 Å². The topological polar surface area (TPSA) is 124 Å². The number of halogens is 4. The van der Waals surface area contributed by atoms with Crippen molar-refractivity contribution >= 4 is 35.0 Å². The highest BCUT2D eigenvalue weighted by molar-refractivity contribution is 6.33. The smallest absolute Gasteiger partial charge is 0.416 e. The van der Waals surface area contributed by atoms with Crippen LogP contribution in [0.15, 0.2) is 42.7 Å². The van der Waals surface area contributed by atoms with Crippen LogP contribution in [-0.2, 0) is 6.18 Å². The summed E-state index contributed by atoms with van der Waals surface area (Å²) in [7, 11) is 0. The highest BCUT2D eigenvalue weighted by Crippen LogP contribution is 2.43. The summed E-state index contributed by atoms with van der Waals surface area (Å²) in [6, 6.07) is 6.92. The first-order chi connectivity index (χ1) is 18.6. The highest BCUT2D eigenvalue weighted by atomic mass is 35.5. The Bertz CT molecular complexity index is 1380. The van der Waals surface area contributed by atoms with Crippen LogP contribution in [0.4, 0.5) is 35.3 Å². The van der Waals surface area contributed by atoms with E-state index >= 15 is 0 Å². The van der Waals surface area contributed by atoms with Gasteiger partial charge in [-0.05, 0) is 31.0 Å². The third-order valence-electron chi connectivity index (χ3n) is 6.46. The summed E-state index contributed by atoms with van der Waals surface area (Å²) in [5.74, 6) is 0.472. The monoisotopic (exact) mass is 564 g/mol. The van der Waals surface area contributed by atoms with Crippen LogP contribution in [0.25, 0.3) is 11.3 Å². The molecule has 0 saturated carbocycles. The number of rotatable bonds is 6. The molecule has 1 saturated heterocycles. The van der Waals surface area contributed by atoms with Crippen molar-refractivity contribution in [2.45, 2.75) is 31.2 Å². The van der Waals surface area contributed by atoms with E-state index in [0.717, 1.165) is 25.1 Å². The first kappa shape index (κ1) is 26.9. The number of hydrogen-bond acceptors (Lipinski definition) is 8. The number of fused-ring (bicyclic) bond motifs is 4. The maximum absolute atomic E-state index is 13.6. The molecule has 10 nitrogen and oxygen atoms in total. The van der Waals surface area contributed by atoms with E-state index in [0.29, 0.717) is 18.7 Å². The van der Waals surface area contributed by atoms with E-state index in [-0.39, 0.29) is 46.4 Å². The Morgan fingerprint density at radius 2 is 2.08 bits per heavy atom. The van der Waals surface area contributed by atoms with E-state index in [1.807, 2.05) is 0 Å². The number of carbonyl (C=O) groups is 1. The summed E-state index contributed by atoms with van der Waals surface area (Å²) in [5.41, 5.74) is 0.0673. The first-order valence-electron chi connectivity index (χ1n) is 12.1. The van der Waals surface area contributed by atoms with Crippen LogP contribution in [0.1, 0.15) is 18.4 Å². The van der Waals surface area contributed by atoms with E-state index in [9.17, 15) is 23.1 Å². The molecule has 2 amide bonds. The molecule has 206 valence electrons. The summed E-state index contributed by atoms with van der Waals surface area (Å²) in [5, 5.41) is 21.3. The summed E-state index contributed by atoms with van der Waals surface area (Å²) < 4.78 is 45.4. The molecule has 39 heavy (non-hydrogen) atoms. The summed E-state index contributed by atoms with van der Waals surface area (Å²) in [6.45, 7) is 0.576. The predicted octanol–water partition coefficient (Wildman–Crippen LogP) is 3.96. The normalized spacial score (nSPS) is 17.4. The number of amides is 2. The van der Waals surface area contributed by atoms with Gasteiger partial charge in [-0.15, -0.1) is 0 Å². The second-order valence-electron chi connectivity index (χ2n) is 9.17. The van der Waals surface area contributed by atoms with Crippen LogP contribution in [0.3, 0.4) is 0 Å². The lowest BCUT2D eigenvalue weighted by molar-refractivity contribution is -0.137. The minimum absolute atomic E-state index is 0.0763. The van der Waals surface area contributed by atoms with Crippen LogP contribution < -0.4 is 19.9 Å². The van der Waals surface area contributed by atoms with Crippen LogP contribution in [0, 0.1) is 0 Å². The van der Waals surface area contributed by atoms with Gasteiger partial charge in [0.2, 0.25) is 5.88 Å². The molecule has 2 aromatic heterocycles. The van der Waals surface area contributed by atoms with E-state index in [1.54, 1.807) is 6.07 Å². The number of ether oxygens (including phenoxy) is 1. The lowest BCUT2D eigenvalue weighted by Crippen LogP contribution is -2.56. The molecule has 14 heteroatoms. The number of anilines is 3. The van der Waals surface area contributed by atoms with Gasteiger partial charge in [-0.1, -0.05) is 23.7 Å². The Hall–Kier alpha value is -3.68. The zero-order valence-corrected chi connectivity index (χ0v) is 21.2. The zero-order chi connectivity index (χ0) is 27.7. The van der Waals surface area contributed by atoms with Crippen LogP contribution in [0.5, 0.6) is 5.88 Å². The van der Waals surface area contributed by atoms with Crippen molar-refractivity contribution in [2.24, 2.45) is 0 Å². The average molecular weight is 565 g/mol. The molecule has 1 aromatic carbocycles. The number of aliphatic hydroxyl groups excluding tert-OH is 2. The van der Waals surface area contributed by atoms with E-state index in [1.165, 1.54) is 29.4 Å². The number of piperidine rings is 1. The molecule has 0 radical (unpaired) electrons. The molecule has 3 N–H and O–H groups in total. The minimum atomic E-state index is -4.54. The molecule has 3 aromatic rings. The molecule has 2 atom stereocenters. The zero-order valence-electron chi connectivity index (χ0n) is 20.4. The molecule has 1 fully saturated rings. The van der Waals surface area contributed by atoms with E-state index in [2.05, 4.69) is 25.2 Å². The van der Waals surface area contributed by atoms with Gasteiger partial charge in [-0.25, -0.2) is 19.7 Å². The van der Waals surface area contributed by atoms with Gasteiger partial charge >= 0.3 is 12.2 Å². The summed E-state index contributed by atoms with van der Waals surface area (Å²) in [4.78, 5) is 29.7. The second-order valence-corrected chi connectivity index (χ2v) is 9.58. The Kier molecular flexibility index (Phi) is 7.47. The van der Waals surface area contributed by atoms with Gasteiger partial charge in [0.15, 0.2) is 5.82 Å². The quantitative estimate of drug-likeness (QED) is 0.411. The van der Waals surface area contributed by atoms with E-state index < -0.39 is 30.5 Å². The van der Waals surface area contributed by atoms with Gasteiger partial charge in [0.25, 0.3) is 0 Å². The summed E-state index contributed by atoms with van der Waals surface area (Å²) >= 11 is 6.52. The Morgan fingerprint density at radius 3 is 2.85 bits per heavy atom. The Balaban J connectivity index is 1.48. The first-order valence-corrected chi connectivity index (χ1v) is 12.5. The molecular formula is C25H24ClF3N6O4. The number of urea groups is 1. The van der Waals surface area contributed by atoms with Crippen molar-refractivity contribution in [3.05, 3.63) is 53.3 Å². The number of benzene rings is 1. The van der Waals surface area contributed by atoms with Gasteiger partial charge in [0.05, 0.1) is 34.6 Å². The molecule has 2 aliphatic rings. The van der Waals surface area contributed by atoms with Gasteiger partial charge in [0, 0.05) is 24.7 Å². The predicted molar refractivity (Wildman–Crippen MR) is 137 cm³/mol. The highest BCUT2D eigenvalue weighted by Gasteiger charge is 2.39. The standard InChI is InChI=1S/C25H24ClF3N6O4/c26-18-8-19-23(33-22(18)14-3-1-4-15(7-14)25(27,28)29)35(16-5-2-6-34(19)10-16)24(38)32-20-9-21(31-13-30-20)39-12-17(37)11-36/h1,3-4,7-9,13,16-17,36-37H,2,5-6,10-12H2,(H,30,31,32,38)/t16-,17+/m0/s1. The molecular weight excluding hydrogens is 541 g/mol. The lowest BCUT2D eigenvalue weighted by Gasteiger charge is -2.46. The third-order valence-corrected chi connectivity index (χ3v) is 6.75. The van der Waals surface area contributed by atoms with Crippen LogP contribution in [-0.4, -0.2) is 69.6 Å². The SMILES string of the molecule is O=C(Nc1cc(OC[C@H](O)CO)ncn1)N1c2nc(-c3cccc(C(F)(F)F)c3)c(Cl)cc2N2CCC[C@H]1C2. The second kappa shape index (κ2) is 10.8. The fraction of sp³-hybridized carbons (Fsp3) is 0.360. The van der Waals surface area contributed by atoms with Crippen LogP contribution >= 0.6 is 11.6 Å². The number of carbonyl (C=O) groups excluding carboxylic acids is 1. The summed E-state index contributed by atoms with van der Waals surface area (Å²) in [6.07, 6.45) is -2.95. The van der Waals surface area contributed by atoms with Gasteiger partial charge < -0.3 is 19.8 Å². The lowest BCUT2D eigenvalue weighted by atomic mass is 9.99. The van der Waals surface area contributed by atoms with Crippen molar-refractivity contribution in [3.63, 3.8) is 0 Å². The van der Waals surface area contributed by atoms with Crippen molar-refractivity contribution in [3.8, 4) is 17.1 Å². The fourth-order valence-electron chi connectivity index (χ4n) is 4.63. The molecule has 0 spiro atoms. The third kappa shape index (κ3) is 5.70. The van der Waals surface area contributed by atoms with Crippen molar-refractivity contribution in [1.82, 2.24) is 15.0 Å². The van der Waals surface area contributed by atoms with Crippen molar-refractivity contribution < 1.29 is 32.9 Å². The van der Waals surface area contributed by atoms with E-state index in [4.69, 9.17) is 21.4 Å². The molecule has 2 aliphatic heterocycles. The van der Waals surface area contributed by atoms with Crippen molar-refractivity contribution in [1.29, 1.82) is 0 Å². The molecule has 0 aliphatic carbocycles. The average Bonchev–Trinajstić information content (AvgIpc) is 2.92. The molecule has 4 heterocycles. The number of aromatic nitrogens is 3.